The number of ether oxygens (including phenoxy) is 2. The summed E-state index contributed by atoms with van der Waals surface area (Å²) in [6, 6.07) is 9.38. The van der Waals surface area contributed by atoms with E-state index in [1.807, 2.05) is 42.2 Å². The number of amides is 1. The van der Waals surface area contributed by atoms with Gasteiger partial charge in [0.2, 0.25) is 6.10 Å². The molecule has 0 unspecified atom stereocenters. The van der Waals surface area contributed by atoms with Gasteiger partial charge in [-0.1, -0.05) is 17.3 Å². The Balaban J connectivity index is 1.31. The second-order valence-corrected chi connectivity index (χ2v) is 6.39. The Bertz CT molecular complexity index is 752. The lowest BCUT2D eigenvalue weighted by Crippen LogP contribution is -2.53. The fraction of sp³-hybridized carbons (Fsp3) is 0.444. The molecule has 3 heterocycles. The Kier molecular flexibility index (Phi) is 4.31. The molecule has 0 N–H and O–H groups in total. The van der Waals surface area contributed by atoms with Crippen molar-refractivity contribution in [1.82, 2.24) is 15.0 Å². The third kappa shape index (κ3) is 3.46. The first-order chi connectivity index (χ1) is 12.2. The molecule has 2 aromatic rings. The highest BCUT2D eigenvalue weighted by Crippen LogP contribution is 2.31. The van der Waals surface area contributed by atoms with Crippen molar-refractivity contribution in [3.8, 4) is 11.5 Å². The van der Waals surface area contributed by atoms with Gasteiger partial charge >= 0.3 is 0 Å². The number of piperazine rings is 1. The highest BCUT2D eigenvalue weighted by Gasteiger charge is 2.32. The van der Waals surface area contributed by atoms with Crippen molar-refractivity contribution < 1.29 is 18.8 Å². The number of aromatic nitrogens is 1. The van der Waals surface area contributed by atoms with Crippen LogP contribution in [0.2, 0.25) is 0 Å². The predicted molar refractivity (Wildman–Crippen MR) is 89.5 cm³/mol. The van der Waals surface area contributed by atoms with Gasteiger partial charge in [-0.15, -0.1) is 0 Å². The zero-order valence-electron chi connectivity index (χ0n) is 14.2. The van der Waals surface area contributed by atoms with Crippen LogP contribution in [0.4, 0.5) is 0 Å². The second-order valence-electron chi connectivity index (χ2n) is 6.39. The van der Waals surface area contributed by atoms with Gasteiger partial charge in [-0.05, 0) is 19.1 Å². The third-order valence-electron chi connectivity index (χ3n) is 4.53. The maximum atomic E-state index is 12.7. The van der Waals surface area contributed by atoms with Gasteiger partial charge in [-0.25, -0.2) is 0 Å². The van der Waals surface area contributed by atoms with Crippen LogP contribution < -0.4 is 9.47 Å². The van der Waals surface area contributed by atoms with Crippen molar-refractivity contribution in [2.24, 2.45) is 0 Å². The van der Waals surface area contributed by atoms with E-state index in [9.17, 15) is 4.79 Å². The summed E-state index contributed by atoms with van der Waals surface area (Å²) in [5.74, 6) is 2.14. The summed E-state index contributed by atoms with van der Waals surface area (Å²) in [7, 11) is 0. The Morgan fingerprint density at radius 1 is 1.20 bits per heavy atom. The molecule has 0 spiro atoms. The number of nitrogens with zero attached hydrogens (tertiary/aromatic N) is 3. The van der Waals surface area contributed by atoms with Crippen molar-refractivity contribution in [2.45, 2.75) is 19.6 Å². The Morgan fingerprint density at radius 3 is 2.68 bits per heavy atom. The van der Waals surface area contributed by atoms with Crippen LogP contribution in [-0.4, -0.2) is 59.8 Å². The van der Waals surface area contributed by atoms with E-state index in [4.69, 9.17) is 14.0 Å². The van der Waals surface area contributed by atoms with Crippen LogP contribution in [-0.2, 0) is 11.3 Å². The van der Waals surface area contributed by atoms with Gasteiger partial charge in [-0.2, -0.15) is 0 Å². The zero-order valence-corrected chi connectivity index (χ0v) is 14.2. The SMILES string of the molecule is Cc1cc(CN2CCN(C(=O)[C@@H]3COc4ccccc4O3)CC2)no1. The van der Waals surface area contributed by atoms with Gasteiger partial charge in [-0.3, -0.25) is 9.69 Å². The van der Waals surface area contributed by atoms with Crippen molar-refractivity contribution >= 4 is 5.91 Å². The van der Waals surface area contributed by atoms with Crippen LogP contribution in [0.15, 0.2) is 34.9 Å². The van der Waals surface area contributed by atoms with Gasteiger partial charge in [0.05, 0.1) is 5.69 Å². The maximum Gasteiger partial charge on any atom is 0.267 e. The lowest BCUT2D eigenvalue weighted by molar-refractivity contribution is -0.143. The van der Waals surface area contributed by atoms with Crippen LogP contribution in [0.5, 0.6) is 11.5 Å². The highest BCUT2D eigenvalue weighted by atomic mass is 16.6. The van der Waals surface area contributed by atoms with Crippen LogP contribution in [0, 0.1) is 6.92 Å². The summed E-state index contributed by atoms with van der Waals surface area (Å²) in [5.41, 5.74) is 0.929. The molecule has 0 bridgehead atoms. The molecule has 4 rings (SSSR count). The number of benzene rings is 1. The minimum absolute atomic E-state index is 0.00793. The van der Waals surface area contributed by atoms with E-state index in [1.165, 1.54) is 0 Å². The topological polar surface area (TPSA) is 68.0 Å². The molecule has 1 aromatic heterocycles. The van der Waals surface area contributed by atoms with E-state index in [0.29, 0.717) is 24.6 Å². The Morgan fingerprint density at radius 2 is 1.96 bits per heavy atom. The molecule has 1 fully saturated rings. The predicted octanol–water partition coefficient (Wildman–Crippen LogP) is 1.47. The summed E-state index contributed by atoms with van der Waals surface area (Å²) in [5, 5.41) is 4.03. The molecule has 1 aromatic carbocycles. The van der Waals surface area contributed by atoms with E-state index in [2.05, 4.69) is 10.1 Å². The molecule has 1 atom stereocenters. The summed E-state index contributed by atoms with van der Waals surface area (Å²) in [4.78, 5) is 16.8. The molecular formula is C18H21N3O4. The summed E-state index contributed by atoms with van der Waals surface area (Å²) in [6.45, 7) is 5.86. The number of hydrogen-bond donors (Lipinski definition) is 0. The van der Waals surface area contributed by atoms with Crippen molar-refractivity contribution in [2.75, 3.05) is 32.8 Å². The standard InChI is InChI=1S/C18H21N3O4/c1-13-10-14(19-25-13)11-20-6-8-21(9-7-20)18(22)17-12-23-15-4-2-3-5-16(15)24-17/h2-5,10,17H,6-9,11-12H2,1H3/t17-/m0/s1. The summed E-state index contributed by atoms with van der Waals surface area (Å²) in [6.07, 6.45) is -0.570. The monoisotopic (exact) mass is 343 g/mol. The molecule has 25 heavy (non-hydrogen) atoms. The lowest BCUT2D eigenvalue weighted by atomic mass is 10.2. The maximum absolute atomic E-state index is 12.7. The number of rotatable bonds is 3. The molecule has 0 aliphatic carbocycles. The van der Waals surface area contributed by atoms with Gasteiger partial charge in [0.25, 0.3) is 5.91 Å². The van der Waals surface area contributed by atoms with Gasteiger partial charge in [0.1, 0.15) is 12.4 Å². The number of aryl methyl sites for hydroxylation is 1. The van der Waals surface area contributed by atoms with Crippen LogP contribution in [0.3, 0.4) is 0 Å². The van der Waals surface area contributed by atoms with E-state index in [-0.39, 0.29) is 12.5 Å². The normalized spacial score (nSPS) is 20.5. The molecule has 7 heteroatoms. The zero-order chi connectivity index (χ0) is 17.2. The Hall–Kier alpha value is -2.54. The van der Waals surface area contributed by atoms with Crippen molar-refractivity contribution in [3.63, 3.8) is 0 Å². The fourth-order valence-electron chi connectivity index (χ4n) is 3.19. The van der Waals surface area contributed by atoms with E-state index < -0.39 is 6.10 Å². The molecule has 132 valence electrons. The first kappa shape index (κ1) is 16.0. The molecule has 1 amide bonds. The minimum Gasteiger partial charge on any atom is -0.485 e. The molecule has 0 saturated carbocycles. The van der Waals surface area contributed by atoms with Crippen LogP contribution in [0.1, 0.15) is 11.5 Å². The number of carbonyl (C=O) groups is 1. The largest absolute Gasteiger partial charge is 0.485 e. The van der Waals surface area contributed by atoms with E-state index >= 15 is 0 Å². The average Bonchev–Trinajstić information content (AvgIpc) is 3.06. The first-order valence-electron chi connectivity index (χ1n) is 8.51. The van der Waals surface area contributed by atoms with E-state index in [0.717, 1.165) is 31.1 Å². The Labute approximate surface area is 146 Å². The number of carbonyl (C=O) groups excluding carboxylic acids is 1. The highest BCUT2D eigenvalue weighted by molar-refractivity contribution is 5.82. The fourth-order valence-corrected chi connectivity index (χ4v) is 3.19. The van der Waals surface area contributed by atoms with Crippen LogP contribution in [0.25, 0.3) is 0 Å². The number of para-hydroxylation sites is 2. The molecule has 0 radical (unpaired) electrons. The average molecular weight is 343 g/mol. The third-order valence-corrected chi connectivity index (χ3v) is 4.53. The molecule has 2 aliphatic rings. The first-order valence-corrected chi connectivity index (χ1v) is 8.51. The van der Waals surface area contributed by atoms with Crippen molar-refractivity contribution in [3.05, 3.63) is 41.8 Å². The molecule has 7 nitrogen and oxygen atoms in total. The molecule has 2 aliphatic heterocycles. The lowest BCUT2D eigenvalue weighted by Gasteiger charge is -2.36. The van der Waals surface area contributed by atoms with Gasteiger partial charge in [0, 0.05) is 38.8 Å². The summed E-state index contributed by atoms with van der Waals surface area (Å²) < 4.78 is 16.6. The van der Waals surface area contributed by atoms with Gasteiger partial charge < -0.3 is 18.9 Å². The van der Waals surface area contributed by atoms with E-state index in [1.54, 1.807) is 0 Å². The molecule has 1 saturated heterocycles. The minimum atomic E-state index is -0.570. The number of hydrogen-bond acceptors (Lipinski definition) is 6. The van der Waals surface area contributed by atoms with Gasteiger partial charge in [0.15, 0.2) is 11.5 Å². The van der Waals surface area contributed by atoms with Crippen molar-refractivity contribution in [1.29, 1.82) is 0 Å². The summed E-state index contributed by atoms with van der Waals surface area (Å²) >= 11 is 0. The second kappa shape index (κ2) is 6.76. The quantitative estimate of drug-likeness (QED) is 0.841. The number of fused-ring (bicyclic) bond motifs is 1. The van der Waals surface area contributed by atoms with Crippen LogP contribution >= 0.6 is 0 Å². The molecular weight excluding hydrogens is 322 g/mol. The smallest absolute Gasteiger partial charge is 0.267 e.